The molecule has 0 unspecified atom stereocenters. The zero-order valence-corrected chi connectivity index (χ0v) is 21.7. The number of carbonyl (C=O) groups excluding carboxylic acids is 4. The van der Waals surface area contributed by atoms with E-state index in [9.17, 15) is 19.2 Å². The van der Waals surface area contributed by atoms with Crippen LogP contribution in [0.25, 0.3) is 0 Å². The summed E-state index contributed by atoms with van der Waals surface area (Å²) in [6, 6.07) is 5.09. The molecule has 0 saturated carbocycles. The average Bonchev–Trinajstić information content (AvgIpc) is 3.32. The minimum atomic E-state index is -1.11. The first-order valence-corrected chi connectivity index (χ1v) is 12.8. The number of ether oxygens (including phenoxy) is 1. The van der Waals surface area contributed by atoms with Crippen molar-refractivity contribution in [3.63, 3.8) is 0 Å². The highest BCUT2D eigenvalue weighted by Crippen LogP contribution is 2.19. The molecule has 198 valence electrons. The molecule has 0 spiro atoms. The molecular formula is C26H39N5O5. The van der Waals surface area contributed by atoms with Crippen molar-refractivity contribution >= 4 is 23.6 Å². The quantitative estimate of drug-likeness (QED) is 0.548. The number of amides is 4. The van der Waals surface area contributed by atoms with Crippen molar-refractivity contribution in [2.75, 3.05) is 39.8 Å². The van der Waals surface area contributed by atoms with Gasteiger partial charge in [-0.2, -0.15) is 0 Å². The summed E-state index contributed by atoms with van der Waals surface area (Å²) in [5.74, 6) is -1.47. The number of benzene rings is 1. The lowest BCUT2D eigenvalue weighted by atomic mass is 10.0. The highest BCUT2D eigenvalue weighted by atomic mass is 16.5. The normalized spacial score (nSPS) is 24.4. The minimum Gasteiger partial charge on any atom is -0.491 e. The summed E-state index contributed by atoms with van der Waals surface area (Å²) in [6.07, 6.45) is 1.78. The summed E-state index contributed by atoms with van der Waals surface area (Å²) >= 11 is 0. The van der Waals surface area contributed by atoms with Crippen molar-refractivity contribution in [1.82, 2.24) is 25.8 Å². The molecule has 1 saturated heterocycles. The van der Waals surface area contributed by atoms with Crippen LogP contribution in [0.4, 0.5) is 0 Å². The first-order valence-electron chi connectivity index (χ1n) is 12.8. The Balaban J connectivity index is 1.83. The standard InChI is InChI=1S/C26H39N5O5/c1-5-31-12-8-9-18(31)16-27-25(34)20-15-22(32)29-23(17(2)3)26(35)30(4)13-14-36-21-11-7-6-10-19(21)24(33)28-20/h6-7,10-11,17-18,20,23H,5,8-9,12-16H2,1-4H3,(H,27,34)(H,28,33)(H,29,32)/t18-,20-,23-/m0/s1. The summed E-state index contributed by atoms with van der Waals surface area (Å²) in [5.41, 5.74) is 0.259. The van der Waals surface area contributed by atoms with E-state index >= 15 is 0 Å². The third-order valence-corrected chi connectivity index (χ3v) is 6.87. The van der Waals surface area contributed by atoms with Crippen LogP contribution in [-0.2, 0) is 14.4 Å². The topological polar surface area (TPSA) is 120 Å². The molecule has 2 aliphatic rings. The second-order valence-electron chi connectivity index (χ2n) is 9.79. The molecule has 0 aromatic heterocycles. The second kappa shape index (κ2) is 12.7. The second-order valence-corrected chi connectivity index (χ2v) is 9.79. The van der Waals surface area contributed by atoms with Gasteiger partial charge in [0, 0.05) is 19.6 Å². The lowest BCUT2D eigenvalue weighted by Crippen LogP contribution is -2.54. The molecule has 2 aliphatic heterocycles. The van der Waals surface area contributed by atoms with Crippen LogP contribution in [-0.4, -0.2) is 91.4 Å². The number of likely N-dealkylation sites (N-methyl/N-ethyl adjacent to an activating group) is 2. The number of carbonyl (C=O) groups is 4. The van der Waals surface area contributed by atoms with Crippen molar-refractivity contribution in [2.24, 2.45) is 5.92 Å². The van der Waals surface area contributed by atoms with E-state index in [1.165, 1.54) is 4.90 Å². The Morgan fingerprint density at radius 2 is 1.92 bits per heavy atom. The van der Waals surface area contributed by atoms with Crippen molar-refractivity contribution in [2.45, 2.75) is 58.2 Å². The zero-order chi connectivity index (χ0) is 26.2. The van der Waals surface area contributed by atoms with Crippen LogP contribution in [0, 0.1) is 5.92 Å². The van der Waals surface area contributed by atoms with Crippen LogP contribution >= 0.6 is 0 Å². The number of hydrogen-bond donors (Lipinski definition) is 3. The fraction of sp³-hybridized carbons (Fsp3) is 0.615. The van der Waals surface area contributed by atoms with Gasteiger partial charge in [0.05, 0.1) is 18.5 Å². The molecule has 36 heavy (non-hydrogen) atoms. The number of likely N-dealkylation sites (tertiary alicyclic amines) is 1. The Labute approximate surface area is 213 Å². The van der Waals surface area contributed by atoms with Crippen LogP contribution in [0.3, 0.4) is 0 Å². The Morgan fingerprint density at radius 1 is 1.17 bits per heavy atom. The van der Waals surface area contributed by atoms with E-state index in [4.69, 9.17) is 4.74 Å². The number of fused-ring (bicyclic) bond motifs is 1. The maximum atomic E-state index is 13.2. The van der Waals surface area contributed by atoms with E-state index in [0.29, 0.717) is 12.3 Å². The predicted octanol–water partition coefficient (Wildman–Crippen LogP) is 0.767. The lowest BCUT2D eigenvalue weighted by Gasteiger charge is -2.29. The fourth-order valence-corrected chi connectivity index (χ4v) is 4.68. The van der Waals surface area contributed by atoms with E-state index in [1.807, 2.05) is 13.8 Å². The van der Waals surface area contributed by atoms with Crippen LogP contribution in [0.5, 0.6) is 5.75 Å². The minimum absolute atomic E-state index is 0.164. The predicted molar refractivity (Wildman–Crippen MR) is 135 cm³/mol. The van der Waals surface area contributed by atoms with Crippen molar-refractivity contribution in [1.29, 1.82) is 0 Å². The summed E-state index contributed by atoms with van der Waals surface area (Å²) in [5, 5.41) is 8.42. The van der Waals surface area contributed by atoms with Gasteiger partial charge in [0.1, 0.15) is 24.4 Å². The van der Waals surface area contributed by atoms with Gasteiger partial charge in [-0.05, 0) is 44.0 Å². The van der Waals surface area contributed by atoms with Gasteiger partial charge in [-0.1, -0.05) is 32.9 Å². The molecule has 0 radical (unpaired) electrons. The van der Waals surface area contributed by atoms with Gasteiger partial charge in [0.2, 0.25) is 17.7 Å². The first-order chi connectivity index (χ1) is 17.2. The number of rotatable bonds is 5. The van der Waals surface area contributed by atoms with Crippen LogP contribution < -0.4 is 20.7 Å². The van der Waals surface area contributed by atoms with Gasteiger partial charge in [-0.15, -0.1) is 0 Å². The van der Waals surface area contributed by atoms with Gasteiger partial charge >= 0.3 is 0 Å². The van der Waals surface area contributed by atoms with Gasteiger partial charge < -0.3 is 25.6 Å². The average molecular weight is 502 g/mol. The van der Waals surface area contributed by atoms with E-state index in [-0.39, 0.29) is 43.0 Å². The molecule has 1 aromatic rings. The van der Waals surface area contributed by atoms with Crippen LogP contribution in [0.1, 0.15) is 50.4 Å². The smallest absolute Gasteiger partial charge is 0.255 e. The van der Waals surface area contributed by atoms with Crippen molar-refractivity contribution in [3.05, 3.63) is 29.8 Å². The van der Waals surface area contributed by atoms with Gasteiger partial charge in [0.25, 0.3) is 5.91 Å². The molecule has 0 bridgehead atoms. The van der Waals surface area contributed by atoms with Crippen molar-refractivity contribution < 1.29 is 23.9 Å². The molecule has 3 rings (SSSR count). The van der Waals surface area contributed by atoms with Gasteiger partial charge in [0.15, 0.2) is 0 Å². The molecule has 1 fully saturated rings. The highest BCUT2D eigenvalue weighted by Gasteiger charge is 2.32. The lowest BCUT2D eigenvalue weighted by molar-refractivity contribution is -0.137. The summed E-state index contributed by atoms with van der Waals surface area (Å²) in [4.78, 5) is 56.2. The van der Waals surface area contributed by atoms with Crippen molar-refractivity contribution in [3.8, 4) is 5.75 Å². The largest absolute Gasteiger partial charge is 0.491 e. The number of nitrogens with zero attached hydrogens (tertiary/aromatic N) is 2. The third kappa shape index (κ3) is 6.96. The van der Waals surface area contributed by atoms with E-state index in [2.05, 4.69) is 27.8 Å². The first kappa shape index (κ1) is 27.4. The van der Waals surface area contributed by atoms with E-state index in [1.54, 1.807) is 31.3 Å². The maximum absolute atomic E-state index is 13.2. The van der Waals surface area contributed by atoms with Crippen LogP contribution in [0.15, 0.2) is 24.3 Å². The monoisotopic (exact) mass is 501 g/mol. The molecule has 0 aliphatic carbocycles. The van der Waals surface area contributed by atoms with Gasteiger partial charge in [-0.3, -0.25) is 24.1 Å². The molecule has 3 N–H and O–H groups in total. The number of hydrogen-bond acceptors (Lipinski definition) is 6. The van der Waals surface area contributed by atoms with E-state index in [0.717, 1.165) is 25.9 Å². The molecule has 10 nitrogen and oxygen atoms in total. The molecular weight excluding hydrogens is 462 g/mol. The maximum Gasteiger partial charge on any atom is 0.255 e. The van der Waals surface area contributed by atoms with Gasteiger partial charge in [-0.25, -0.2) is 0 Å². The molecule has 1 aromatic carbocycles. The zero-order valence-electron chi connectivity index (χ0n) is 21.7. The molecule has 10 heteroatoms. The number of para-hydroxylation sites is 1. The Bertz CT molecular complexity index is 952. The summed E-state index contributed by atoms with van der Waals surface area (Å²) in [6.45, 7) is 8.58. The van der Waals surface area contributed by atoms with E-state index < -0.39 is 29.8 Å². The van der Waals surface area contributed by atoms with Crippen LogP contribution in [0.2, 0.25) is 0 Å². The summed E-state index contributed by atoms with van der Waals surface area (Å²) < 4.78 is 5.83. The Hall–Kier alpha value is -3.14. The molecule has 3 atom stereocenters. The SMILES string of the molecule is CCN1CCC[C@H]1CNC(=O)[C@@H]1CC(=O)N[C@@H](C(C)C)C(=O)N(C)CCOc2ccccc2C(=O)N1. The molecule has 4 amide bonds. The highest BCUT2D eigenvalue weighted by molar-refractivity contribution is 6.01. The third-order valence-electron chi connectivity index (χ3n) is 6.87. The Morgan fingerprint density at radius 3 is 2.64 bits per heavy atom. The fourth-order valence-electron chi connectivity index (χ4n) is 4.68. The number of nitrogens with one attached hydrogen (secondary N) is 3. The molecule has 2 heterocycles. The Kier molecular flexibility index (Phi) is 9.69. The summed E-state index contributed by atoms with van der Waals surface area (Å²) in [7, 11) is 1.65.